The van der Waals surface area contributed by atoms with Gasteiger partial charge in [0.2, 0.25) is 0 Å². The third-order valence-corrected chi connectivity index (χ3v) is 4.68. The lowest BCUT2D eigenvalue weighted by atomic mass is 10.00. The highest BCUT2D eigenvalue weighted by atomic mass is 35.5. The highest BCUT2D eigenvalue weighted by Crippen LogP contribution is 2.62. The van der Waals surface area contributed by atoms with E-state index in [9.17, 15) is 5.11 Å². The van der Waals surface area contributed by atoms with E-state index in [1.807, 2.05) is 6.07 Å². The van der Waals surface area contributed by atoms with Crippen LogP contribution in [0.2, 0.25) is 10.0 Å². The standard InChI is InChI=1S/C13H14Cl2O/c14-7-4-5-10(11(15)6-7)13(16)12-8-2-1-3-9(8)12/h4-6,8-9,12-13,16H,1-3H2. The van der Waals surface area contributed by atoms with Gasteiger partial charge in [-0.25, -0.2) is 0 Å². The molecule has 0 aromatic heterocycles. The number of fused-ring (bicyclic) bond motifs is 1. The SMILES string of the molecule is OC(c1ccc(Cl)cc1Cl)C1C2CCCC21. The van der Waals surface area contributed by atoms with E-state index < -0.39 is 6.10 Å². The van der Waals surface area contributed by atoms with Gasteiger partial charge >= 0.3 is 0 Å². The van der Waals surface area contributed by atoms with Crippen molar-refractivity contribution >= 4 is 23.2 Å². The lowest BCUT2D eigenvalue weighted by molar-refractivity contribution is 0.137. The molecule has 3 rings (SSSR count). The van der Waals surface area contributed by atoms with Gasteiger partial charge < -0.3 is 5.11 Å². The summed E-state index contributed by atoms with van der Waals surface area (Å²) in [6, 6.07) is 5.35. The maximum absolute atomic E-state index is 10.3. The molecule has 2 fully saturated rings. The predicted octanol–water partition coefficient (Wildman–Crippen LogP) is 4.07. The number of aliphatic hydroxyl groups excluding tert-OH is 1. The maximum atomic E-state index is 10.3. The van der Waals surface area contributed by atoms with Gasteiger partial charge in [-0.3, -0.25) is 0 Å². The summed E-state index contributed by atoms with van der Waals surface area (Å²) < 4.78 is 0. The monoisotopic (exact) mass is 256 g/mol. The zero-order valence-corrected chi connectivity index (χ0v) is 10.4. The Labute approximate surface area is 105 Å². The highest BCUT2D eigenvalue weighted by Gasteiger charge is 2.56. The first kappa shape index (κ1) is 10.9. The summed E-state index contributed by atoms with van der Waals surface area (Å²) >= 11 is 12.0. The number of rotatable bonds is 2. The van der Waals surface area contributed by atoms with E-state index in [1.54, 1.807) is 12.1 Å². The third kappa shape index (κ3) is 1.66. The fourth-order valence-corrected chi connectivity index (χ4v) is 3.81. The van der Waals surface area contributed by atoms with Crippen molar-refractivity contribution in [3.05, 3.63) is 33.8 Å². The molecule has 0 amide bonds. The van der Waals surface area contributed by atoms with Gasteiger partial charge in [-0.05, 0) is 48.3 Å². The molecular formula is C13H14Cl2O. The zero-order chi connectivity index (χ0) is 11.3. The fraction of sp³-hybridized carbons (Fsp3) is 0.538. The molecule has 1 N–H and O–H groups in total. The van der Waals surface area contributed by atoms with Crippen LogP contribution in [-0.4, -0.2) is 5.11 Å². The second-order valence-corrected chi connectivity index (χ2v) is 5.79. The average molecular weight is 257 g/mol. The van der Waals surface area contributed by atoms with Gasteiger partial charge in [0.1, 0.15) is 0 Å². The third-order valence-electron chi connectivity index (χ3n) is 4.12. The first-order valence-corrected chi connectivity index (χ1v) is 6.57. The van der Waals surface area contributed by atoms with Crippen LogP contribution in [-0.2, 0) is 0 Å². The molecule has 3 atom stereocenters. The minimum Gasteiger partial charge on any atom is -0.388 e. The van der Waals surface area contributed by atoms with Gasteiger partial charge in [0.05, 0.1) is 6.10 Å². The van der Waals surface area contributed by atoms with E-state index in [2.05, 4.69) is 0 Å². The topological polar surface area (TPSA) is 20.2 Å². The van der Waals surface area contributed by atoms with Gasteiger partial charge in [-0.2, -0.15) is 0 Å². The van der Waals surface area contributed by atoms with E-state index in [0.717, 1.165) is 17.4 Å². The van der Waals surface area contributed by atoms with Crippen LogP contribution in [0.4, 0.5) is 0 Å². The molecule has 2 aliphatic rings. The molecular weight excluding hydrogens is 243 g/mol. The van der Waals surface area contributed by atoms with Crippen molar-refractivity contribution in [2.75, 3.05) is 0 Å². The number of hydrogen-bond acceptors (Lipinski definition) is 1. The Morgan fingerprint density at radius 1 is 1.19 bits per heavy atom. The minimum atomic E-state index is -0.403. The summed E-state index contributed by atoms with van der Waals surface area (Å²) in [5, 5.41) is 11.5. The van der Waals surface area contributed by atoms with Crippen molar-refractivity contribution in [2.24, 2.45) is 17.8 Å². The molecule has 86 valence electrons. The van der Waals surface area contributed by atoms with Crippen LogP contribution in [0.1, 0.15) is 30.9 Å². The number of hydrogen-bond donors (Lipinski definition) is 1. The molecule has 1 nitrogen and oxygen atoms in total. The van der Waals surface area contributed by atoms with E-state index in [4.69, 9.17) is 23.2 Å². The second-order valence-electron chi connectivity index (χ2n) is 4.95. The van der Waals surface area contributed by atoms with Gasteiger partial charge in [0.25, 0.3) is 0 Å². The van der Waals surface area contributed by atoms with E-state index >= 15 is 0 Å². The first-order chi connectivity index (χ1) is 7.68. The molecule has 2 saturated carbocycles. The predicted molar refractivity (Wildman–Crippen MR) is 65.7 cm³/mol. The smallest absolute Gasteiger partial charge is 0.0838 e. The lowest BCUT2D eigenvalue weighted by Gasteiger charge is -2.14. The number of benzene rings is 1. The second kappa shape index (κ2) is 3.90. The Balaban J connectivity index is 1.82. The molecule has 2 aliphatic carbocycles. The molecule has 0 heterocycles. The van der Waals surface area contributed by atoms with Crippen molar-refractivity contribution in [3.8, 4) is 0 Å². The highest BCUT2D eigenvalue weighted by molar-refractivity contribution is 6.35. The van der Waals surface area contributed by atoms with Gasteiger partial charge in [-0.1, -0.05) is 35.7 Å². The fourth-order valence-electron chi connectivity index (χ4n) is 3.29. The van der Waals surface area contributed by atoms with E-state index in [0.29, 0.717) is 16.0 Å². The summed E-state index contributed by atoms with van der Waals surface area (Å²) in [5.74, 6) is 1.91. The Hall–Kier alpha value is -0.240. The number of halogens is 2. The normalized spacial score (nSPS) is 33.6. The Bertz CT molecular complexity index is 408. The van der Waals surface area contributed by atoms with Crippen molar-refractivity contribution in [1.29, 1.82) is 0 Å². The van der Waals surface area contributed by atoms with Crippen molar-refractivity contribution < 1.29 is 5.11 Å². The van der Waals surface area contributed by atoms with Crippen LogP contribution in [0.3, 0.4) is 0 Å². The largest absolute Gasteiger partial charge is 0.388 e. The van der Waals surface area contributed by atoms with Crippen molar-refractivity contribution in [3.63, 3.8) is 0 Å². The molecule has 0 aliphatic heterocycles. The summed E-state index contributed by atoms with van der Waals surface area (Å²) in [6.07, 6.45) is 3.47. The molecule has 0 saturated heterocycles. The summed E-state index contributed by atoms with van der Waals surface area (Å²) in [6.45, 7) is 0. The average Bonchev–Trinajstić information content (AvgIpc) is 2.71. The van der Waals surface area contributed by atoms with Crippen LogP contribution in [0.25, 0.3) is 0 Å². The van der Waals surface area contributed by atoms with Gasteiger partial charge in [0.15, 0.2) is 0 Å². The Morgan fingerprint density at radius 3 is 2.50 bits per heavy atom. The lowest BCUT2D eigenvalue weighted by Crippen LogP contribution is -2.05. The molecule has 1 aromatic rings. The minimum absolute atomic E-state index is 0.403. The van der Waals surface area contributed by atoms with E-state index in [1.165, 1.54) is 19.3 Å². The summed E-state index contributed by atoms with van der Waals surface area (Å²) in [5.41, 5.74) is 0.838. The zero-order valence-electron chi connectivity index (χ0n) is 8.87. The maximum Gasteiger partial charge on any atom is 0.0838 e. The van der Waals surface area contributed by atoms with Crippen LogP contribution < -0.4 is 0 Å². The van der Waals surface area contributed by atoms with Gasteiger partial charge in [0, 0.05) is 10.0 Å². The molecule has 16 heavy (non-hydrogen) atoms. The Kier molecular flexibility index (Phi) is 2.66. The quantitative estimate of drug-likeness (QED) is 0.846. The van der Waals surface area contributed by atoms with Crippen LogP contribution in [0, 0.1) is 17.8 Å². The summed E-state index contributed by atoms with van der Waals surface area (Å²) in [4.78, 5) is 0. The van der Waals surface area contributed by atoms with Crippen molar-refractivity contribution in [1.82, 2.24) is 0 Å². The molecule has 1 aromatic carbocycles. The van der Waals surface area contributed by atoms with Gasteiger partial charge in [-0.15, -0.1) is 0 Å². The first-order valence-electron chi connectivity index (χ1n) is 5.81. The molecule has 0 spiro atoms. The summed E-state index contributed by atoms with van der Waals surface area (Å²) in [7, 11) is 0. The van der Waals surface area contributed by atoms with Crippen LogP contribution in [0.15, 0.2) is 18.2 Å². The number of aliphatic hydroxyl groups is 1. The van der Waals surface area contributed by atoms with E-state index in [-0.39, 0.29) is 0 Å². The molecule has 0 radical (unpaired) electrons. The Morgan fingerprint density at radius 2 is 1.88 bits per heavy atom. The van der Waals surface area contributed by atoms with Crippen molar-refractivity contribution in [2.45, 2.75) is 25.4 Å². The van der Waals surface area contributed by atoms with Crippen LogP contribution in [0.5, 0.6) is 0 Å². The molecule has 3 heteroatoms. The molecule has 3 unspecified atom stereocenters. The molecule has 0 bridgehead atoms. The van der Waals surface area contributed by atoms with Crippen LogP contribution >= 0.6 is 23.2 Å².